The fourth-order valence-corrected chi connectivity index (χ4v) is 4.44. The summed E-state index contributed by atoms with van der Waals surface area (Å²) in [6.45, 7) is 3.43. The summed E-state index contributed by atoms with van der Waals surface area (Å²) < 4.78 is 5.00. The Balaban J connectivity index is 1.73. The van der Waals surface area contributed by atoms with Crippen LogP contribution in [0.15, 0.2) is 79.6 Å². The van der Waals surface area contributed by atoms with Gasteiger partial charge in [0.15, 0.2) is 0 Å². The van der Waals surface area contributed by atoms with Crippen molar-refractivity contribution < 1.29 is 19.1 Å². The smallest absolute Gasteiger partial charge is 0.419 e. The summed E-state index contributed by atoms with van der Waals surface area (Å²) in [6, 6.07) is 19.0. The molecule has 0 bridgehead atoms. The summed E-state index contributed by atoms with van der Waals surface area (Å²) in [5.41, 5.74) is 1.84. The zero-order chi connectivity index (χ0) is 21.1. The zero-order valence-electron chi connectivity index (χ0n) is 15.9. The van der Waals surface area contributed by atoms with E-state index in [0.29, 0.717) is 27.5 Å². The van der Waals surface area contributed by atoms with Gasteiger partial charge < -0.3 is 10.1 Å². The van der Waals surface area contributed by atoms with Crippen LogP contribution in [-0.4, -0.2) is 23.8 Å². The molecule has 1 atom stereocenters. The Hall–Kier alpha value is -3.71. The molecule has 4 rings (SSSR count). The molecule has 1 aliphatic heterocycles. The number of hydrogen-bond donors (Lipinski definition) is 1. The molecule has 6 nitrogen and oxygen atoms in total. The van der Waals surface area contributed by atoms with Crippen molar-refractivity contribution in [3.8, 4) is 0 Å². The Labute approximate surface area is 177 Å². The van der Waals surface area contributed by atoms with Gasteiger partial charge in [-0.25, -0.2) is 4.79 Å². The fourth-order valence-electron chi connectivity index (χ4n) is 3.33. The number of carbonyl (C=O) groups excluding carboxylic acids is 3. The third-order valence-electron chi connectivity index (χ3n) is 4.72. The van der Waals surface area contributed by atoms with Crippen LogP contribution in [0.1, 0.15) is 20.8 Å². The maximum Gasteiger partial charge on any atom is 0.420 e. The fraction of sp³-hybridized carbons (Fsp3) is 0.0870. The summed E-state index contributed by atoms with van der Waals surface area (Å²) in [5.74, 6) is -0.523. The SMILES string of the molecule is C=COC(=O)N1c2sc(C(=O)c3ccccc3)cc2NC(=O)[C@@H]1Cc1ccccc1. The molecule has 150 valence electrons. The summed E-state index contributed by atoms with van der Waals surface area (Å²) in [4.78, 5) is 40.2. The van der Waals surface area contributed by atoms with E-state index in [1.54, 1.807) is 30.3 Å². The number of thiophene rings is 1. The van der Waals surface area contributed by atoms with Crippen molar-refractivity contribution in [1.82, 2.24) is 0 Å². The molecule has 0 unspecified atom stereocenters. The van der Waals surface area contributed by atoms with Gasteiger partial charge in [0, 0.05) is 12.0 Å². The van der Waals surface area contributed by atoms with Crippen molar-refractivity contribution in [3.63, 3.8) is 0 Å². The Morgan fingerprint density at radius 1 is 1.10 bits per heavy atom. The van der Waals surface area contributed by atoms with Gasteiger partial charge >= 0.3 is 6.09 Å². The van der Waals surface area contributed by atoms with Crippen molar-refractivity contribution in [2.24, 2.45) is 0 Å². The number of nitrogens with zero attached hydrogens (tertiary/aromatic N) is 1. The minimum absolute atomic E-state index is 0.180. The zero-order valence-corrected chi connectivity index (χ0v) is 16.7. The first kappa shape index (κ1) is 19.6. The second-order valence-corrected chi connectivity index (χ2v) is 7.67. The molecule has 2 heterocycles. The normalized spacial score (nSPS) is 15.1. The molecule has 30 heavy (non-hydrogen) atoms. The molecular formula is C23H18N2O4S. The van der Waals surface area contributed by atoms with E-state index < -0.39 is 12.1 Å². The number of anilines is 2. The van der Waals surface area contributed by atoms with Gasteiger partial charge in [0.2, 0.25) is 11.7 Å². The van der Waals surface area contributed by atoms with E-state index in [4.69, 9.17) is 4.74 Å². The van der Waals surface area contributed by atoms with Crippen molar-refractivity contribution in [2.75, 3.05) is 10.2 Å². The number of ketones is 1. The molecule has 3 aromatic rings. The summed E-state index contributed by atoms with van der Waals surface area (Å²) in [7, 11) is 0. The van der Waals surface area contributed by atoms with Gasteiger partial charge in [0.1, 0.15) is 11.0 Å². The third-order valence-corrected chi connectivity index (χ3v) is 5.85. The van der Waals surface area contributed by atoms with Crippen LogP contribution in [0.3, 0.4) is 0 Å². The van der Waals surface area contributed by atoms with E-state index in [-0.39, 0.29) is 11.7 Å². The molecule has 2 aromatic carbocycles. The van der Waals surface area contributed by atoms with Crippen LogP contribution < -0.4 is 10.2 Å². The Morgan fingerprint density at radius 2 is 1.77 bits per heavy atom. The average molecular weight is 418 g/mol. The lowest BCUT2D eigenvalue weighted by atomic mass is 10.0. The van der Waals surface area contributed by atoms with E-state index in [9.17, 15) is 14.4 Å². The largest absolute Gasteiger partial charge is 0.420 e. The first-order valence-electron chi connectivity index (χ1n) is 9.27. The highest BCUT2D eigenvalue weighted by atomic mass is 32.1. The van der Waals surface area contributed by atoms with Crippen LogP contribution in [0, 0.1) is 0 Å². The third kappa shape index (κ3) is 3.75. The summed E-state index contributed by atoms with van der Waals surface area (Å²) in [5, 5.41) is 3.29. The molecule has 1 N–H and O–H groups in total. The monoisotopic (exact) mass is 418 g/mol. The lowest BCUT2D eigenvalue weighted by Gasteiger charge is -2.33. The number of rotatable bonds is 5. The van der Waals surface area contributed by atoms with E-state index in [2.05, 4.69) is 11.9 Å². The van der Waals surface area contributed by atoms with E-state index >= 15 is 0 Å². The maximum atomic E-state index is 12.9. The summed E-state index contributed by atoms with van der Waals surface area (Å²) in [6.07, 6.45) is 0.609. The van der Waals surface area contributed by atoms with Gasteiger partial charge in [-0.2, -0.15) is 0 Å². The molecule has 0 aliphatic carbocycles. The van der Waals surface area contributed by atoms with Gasteiger partial charge in [-0.05, 0) is 11.6 Å². The molecule has 0 saturated carbocycles. The molecule has 1 aliphatic rings. The molecule has 0 saturated heterocycles. The lowest BCUT2D eigenvalue weighted by molar-refractivity contribution is -0.117. The lowest BCUT2D eigenvalue weighted by Crippen LogP contribution is -2.51. The van der Waals surface area contributed by atoms with Crippen molar-refractivity contribution in [2.45, 2.75) is 12.5 Å². The van der Waals surface area contributed by atoms with E-state index in [1.165, 1.54) is 4.90 Å². The predicted molar refractivity (Wildman–Crippen MR) is 116 cm³/mol. The highest BCUT2D eigenvalue weighted by Crippen LogP contribution is 2.42. The summed E-state index contributed by atoms with van der Waals surface area (Å²) >= 11 is 1.14. The van der Waals surface area contributed by atoms with Crippen molar-refractivity contribution in [3.05, 3.63) is 95.6 Å². The molecule has 2 amide bonds. The van der Waals surface area contributed by atoms with Gasteiger partial charge in [-0.15, -0.1) is 11.3 Å². The highest BCUT2D eigenvalue weighted by Gasteiger charge is 2.40. The van der Waals surface area contributed by atoms with Crippen LogP contribution in [0.5, 0.6) is 0 Å². The number of fused-ring (bicyclic) bond motifs is 1. The molecule has 0 radical (unpaired) electrons. The Bertz CT molecular complexity index is 1110. The van der Waals surface area contributed by atoms with E-state index in [1.807, 2.05) is 36.4 Å². The van der Waals surface area contributed by atoms with Crippen molar-refractivity contribution >= 4 is 39.8 Å². The number of benzene rings is 2. The van der Waals surface area contributed by atoms with Crippen LogP contribution in [0.4, 0.5) is 15.5 Å². The predicted octanol–water partition coefficient (Wildman–Crippen LogP) is 4.63. The average Bonchev–Trinajstić information content (AvgIpc) is 3.18. The maximum absolute atomic E-state index is 12.9. The standard InChI is InChI=1S/C23H18N2O4S/c1-2-29-23(28)25-18(13-15-9-5-3-6-10-15)21(27)24-17-14-19(30-22(17)25)20(26)16-11-7-4-8-12-16/h2-12,14,18H,1,13H2,(H,24,27)/t18-/m0/s1. The van der Waals surface area contributed by atoms with Gasteiger partial charge in [0.25, 0.3) is 0 Å². The molecular weight excluding hydrogens is 400 g/mol. The van der Waals surface area contributed by atoms with Crippen LogP contribution in [-0.2, 0) is 16.0 Å². The minimum atomic E-state index is -0.814. The number of nitrogens with one attached hydrogen (secondary N) is 1. The number of ether oxygens (including phenoxy) is 1. The van der Waals surface area contributed by atoms with Gasteiger partial charge in [0.05, 0.1) is 16.8 Å². The Morgan fingerprint density at radius 3 is 2.43 bits per heavy atom. The highest BCUT2D eigenvalue weighted by molar-refractivity contribution is 7.19. The molecule has 0 spiro atoms. The molecule has 0 fully saturated rings. The number of hydrogen-bond acceptors (Lipinski definition) is 5. The van der Waals surface area contributed by atoms with Crippen LogP contribution in [0.2, 0.25) is 0 Å². The quantitative estimate of drug-likeness (QED) is 0.484. The van der Waals surface area contributed by atoms with Crippen molar-refractivity contribution in [1.29, 1.82) is 0 Å². The minimum Gasteiger partial charge on any atom is -0.419 e. The topological polar surface area (TPSA) is 75.7 Å². The van der Waals surface area contributed by atoms with Crippen LogP contribution >= 0.6 is 11.3 Å². The number of amides is 2. The second kappa shape index (κ2) is 8.34. The Kier molecular flexibility index (Phi) is 5.45. The van der Waals surface area contributed by atoms with E-state index in [0.717, 1.165) is 23.2 Å². The first-order chi connectivity index (χ1) is 14.6. The molecule has 1 aromatic heterocycles. The first-order valence-corrected chi connectivity index (χ1v) is 10.1. The number of carbonyl (C=O) groups is 3. The van der Waals surface area contributed by atoms with Gasteiger partial charge in [-0.3, -0.25) is 14.5 Å². The molecule has 7 heteroatoms. The van der Waals surface area contributed by atoms with Crippen LogP contribution in [0.25, 0.3) is 0 Å². The van der Waals surface area contributed by atoms with Gasteiger partial charge in [-0.1, -0.05) is 67.2 Å². The second-order valence-electron chi connectivity index (χ2n) is 6.64.